The zero-order valence-corrected chi connectivity index (χ0v) is 11.8. The summed E-state index contributed by atoms with van der Waals surface area (Å²) in [6.07, 6.45) is 9.80. The van der Waals surface area contributed by atoms with Crippen LogP contribution in [0.2, 0.25) is 0 Å². The molecule has 1 fully saturated rings. The van der Waals surface area contributed by atoms with Crippen LogP contribution in [0.1, 0.15) is 72.6 Å². The lowest BCUT2D eigenvalue weighted by Crippen LogP contribution is -2.47. The van der Waals surface area contributed by atoms with E-state index in [9.17, 15) is 0 Å². The fourth-order valence-corrected chi connectivity index (χ4v) is 3.07. The first-order valence-corrected chi connectivity index (χ1v) is 7.35. The van der Waals surface area contributed by atoms with Crippen LogP contribution in [0.5, 0.6) is 0 Å². The number of hydrogen-bond donors (Lipinski definition) is 1. The molecule has 0 saturated heterocycles. The topological polar surface area (TPSA) is 12.0 Å². The predicted octanol–water partition coefficient (Wildman–Crippen LogP) is 4.37. The number of rotatable bonds is 6. The molecule has 0 heterocycles. The average Bonchev–Trinajstić information content (AvgIpc) is 2.31. The van der Waals surface area contributed by atoms with Crippen LogP contribution in [0.25, 0.3) is 0 Å². The van der Waals surface area contributed by atoms with Gasteiger partial charge in [0, 0.05) is 6.04 Å². The fraction of sp³-hybridized carbons (Fsp3) is 1.00. The molecular weight excluding hydrogens is 194 g/mol. The molecule has 0 aliphatic heterocycles. The van der Waals surface area contributed by atoms with E-state index in [0.29, 0.717) is 5.41 Å². The van der Waals surface area contributed by atoms with E-state index < -0.39 is 0 Å². The van der Waals surface area contributed by atoms with Crippen LogP contribution in [0, 0.1) is 11.3 Å². The van der Waals surface area contributed by atoms with Crippen molar-refractivity contribution < 1.29 is 0 Å². The second-order valence-corrected chi connectivity index (χ2v) is 6.17. The van der Waals surface area contributed by atoms with Crippen molar-refractivity contribution in [1.29, 1.82) is 0 Å². The molecule has 1 saturated carbocycles. The Hall–Kier alpha value is -0.0400. The first-order valence-electron chi connectivity index (χ1n) is 7.35. The minimum absolute atomic E-state index is 0.456. The Morgan fingerprint density at radius 2 is 1.75 bits per heavy atom. The summed E-state index contributed by atoms with van der Waals surface area (Å²) in [4.78, 5) is 0. The molecule has 0 spiro atoms. The van der Waals surface area contributed by atoms with Gasteiger partial charge in [-0.2, -0.15) is 0 Å². The van der Waals surface area contributed by atoms with Crippen LogP contribution < -0.4 is 5.32 Å². The first-order chi connectivity index (χ1) is 7.61. The first kappa shape index (κ1) is 14.0. The summed E-state index contributed by atoms with van der Waals surface area (Å²) in [5, 5.41) is 3.83. The molecule has 0 aromatic rings. The highest BCUT2D eigenvalue weighted by atomic mass is 14.9. The zero-order chi connectivity index (χ0) is 12.0. The van der Waals surface area contributed by atoms with Gasteiger partial charge in [-0.3, -0.25) is 0 Å². The summed E-state index contributed by atoms with van der Waals surface area (Å²) < 4.78 is 0. The normalized spacial score (nSPS) is 21.0. The summed E-state index contributed by atoms with van der Waals surface area (Å²) in [5.74, 6) is 0.926. The zero-order valence-electron chi connectivity index (χ0n) is 11.8. The summed E-state index contributed by atoms with van der Waals surface area (Å²) >= 11 is 0. The van der Waals surface area contributed by atoms with Crippen LogP contribution in [0.15, 0.2) is 0 Å². The van der Waals surface area contributed by atoms with Gasteiger partial charge in [0.25, 0.3) is 0 Å². The fourth-order valence-electron chi connectivity index (χ4n) is 3.07. The van der Waals surface area contributed by atoms with Crippen molar-refractivity contribution in [1.82, 2.24) is 5.32 Å². The van der Waals surface area contributed by atoms with E-state index in [0.717, 1.165) is 12.0 Å². The van der Waals surface area contributed by atoms with Gasteiger partial charge >= 0.3 is 0 Å². The van der Waals surface area contributed by atoms with Gasteiger partial charge in [-0.05, 0) is 43.6 Å². The van der Waals surface area contributed by atoms with Crippen molar-refractivity contribution in [3.8, 4) is 0 Å². The Kier molecular flexibility index (Phi) is 5.82. The molecule has 1 rings (SSSR count). The van der Waals surface area contributed by atoms with Gasteiger partial charge in [0.05, 0.1) is 0 Å². The Labute approximate surface area is 102 Å². The maximum absolute atomic E-state index is 3.83. The lowest BCUT2D eigenvalue weighted by Gasteiger charge is -2.41. The molecule has 0 amide bonds. The molecule has 0 aromatic carbocycles. The van der Waals surface area contributed by atoms with E-state index in [1.54, 1.807) is 0 Å². The van der Waals surface area contributed by atoms with Crippen LogP contribution in [0.3, 0.4) is 0 Å². The average molecular weight is 225 g/mol. The lowest BCUT2D eigenvalue weighted by molar-refractivity contribution is 0.138. The molecule has 1 aliphatic carbocycles. The molecule has 1 atom stereocenters. The summed E-state index contributed by atoms with van der Waals surface area (Å²) in [5.41, 5.74) is 0.456. The molecule has 1 heteroatoms. The van der Waals surface area contributed by atoms with Gasteiger partial charge in [-0.1, -0.05) is 47.0 Å². The SMILES string of the molecule is CCCNC(C1CCCCC1)C(C)(C)CC. The van der Waals surface area contributed by atoms with Gasteiger partial charge in [-0.15, -0.1) is 0 Å². The maximum Gasteiger partial charge on any atom is 0.0146 e. The van der Waals surface area contributed by atoms with E-state index in [1.807, 2.05) is 0 Å². The molecule has 0 radical (unpaired) electrons. The summed E-state index contributed by atoms with van der Waals surface area (Å²) in [6, 6.07) is 0.734. The van der Waals surface area contributed by atoms with Crippen LogP contribution in [0.4, 0.5) is 0 Å². The summed E-state index contributed by atoms with van der Waals surface area (Å²) in [6.45, 7) is 10.7. The van der Waals surface area contributed by atoms with E-state index in [1.165, 1.54) is 51.5 Å². The molecular formula is C15H31N. The lowest BCUT2D eigenvalue weighted by atomic mass is 9.71. The highest BCUT2D eigenvalue weighted by molar-refractivity contribution is 4.89. The van der Waals surface area contributed by atoms with Gasteiger partial charge in [0.2, 0.25) is 0 Å². The van der Waals surface area contributed by atoms with Crippen molar-refractivity contribution >= 4 is 0 Å². The second-order valence-electron chi connectivity index (χ2n) is 6.17. The Bertz CT molecular complexity index is 180. The standard InChI is InChI=1S/C15H31N/c1-5-12-16-14(15(3,4)6-2)13-10-8-7-9-11-13/h13-14,16H,5-12H2,1-4H3. The highest BCUT2D eigenvalue weighted by Crippen LogP contribution is 2.36. The van der Waals surface area contributed by atoms with Gasteiger partial charge < -0.3 is 5.32 Å². The van der Waals surface area contributed by atoms with E-state index >= 15 is 0 Å². The molecule has 1 N–H and O–H groups in total. The number of nitrogens with one attached hydrogen (secondary N) is 1. The van der Waals surface area contributed by atoms with Crippen LogP contribution >= 0.6 is 0 Å². The monoisotopic (exact) mass is 225 g/mol. The van der Waals surface area contributed by atoms with Crippen molar-refractivity contribution in [2.45, 2.75) is 78.7 Å². The molecule has 1 unspecified atom stereocenters. The largest absolute Gasteiger partial charge is 0.313 e. The third kappa shape index (κ3) is 3.76. The van der Waals surface area contributed by atoms with Crippen molar-refractivity contribution in [2.75, 3.05) is 6.54 Å². The second kappa shape index (κ2) is 6.64. The summed E-state index contributed by atoms with van der Waals surface area (Å²) in [7, 11) is 0. The smallest absolute Gasteiger partial charge is 0.0146 e. The quantitative estimate of drug-likeness (QED) is 0.708. The van der Waals surface area contributed by atoms with E-state index in [2.05, 4.69) is 33.0 Å². The molecule has 0 aromatic heterocycles. The molecule has 1 nitrogen and oxygen atoms in total. The van der Waals surface area contributed by atoms with Crippen LogP contribution in [-0.4, -0.2) is 12.6 Å². The third-order valence-corrected chi connectivity index (χ3v) is 4.49. The van der Waals surface area contributed by atoms with Crippen molar-refractivity contribution in [3.05, 3.63) is 0 Å². The Morgan fingerprint density at radius 3 is 2.25 bits per heavy atom. The number of hydrogen-bond acceptors (Lipinski definition) is 1. The Balaban J connectivity index is 2.61. The maximum atomic E-state index is 3.83. The van der Waals surface area contributed by atoms with E-state index in [4.69, 9.17) is 0 Å². The van der Waals surface area contributed by atoms with E-state index in [-0.39, 0.29) is 0 Å². The molecule has 0 bridgehead atoms. The molecule has 16 heavy (non-hydrogen) atoms. The van der Waals surface area contributed by atoms with Crippen molar-refractivity contribution in [3.63, 3.8) is 0 Å². The van der Waals surface area contributed by atoms with Crippen molar-refractivity contribution in [2.24, 2.45) is 11.3 Å². The van der Waals surface area contributed by atoms with Crippen LogP contribution in [-0.2, 0) is 0 Å². The van der Waals surface area contributed by atoms with Gasteiger partial charge in [0.1, 0.15) is 0 Å². The Morgan fingerprint density at radius 1 is 1.12 bits per heavy atom. The molecule has 96 valence electrons. The van der Waals surface area contributed by atoms with Gasteiger partial charge in [-0.25, -0.2) is 0 Å². The minimum atomic E-state index is 0.456. The third-order valence-electron chi connectivity index (χ3n) is 4.49. The minimum Gasteiger partial charge on any atom is -0.313 e. The van der Waals surface area contributed by atoms with Gasteiger partial charge in [0.15, 0.2) is 0 Å². The molecule has 1 aliphatic rings. The highest BCUT2D eigenvalue weighted by Gasteiger charge is 2.34. The predicted molar refractivity (Wildman–Crippen MR) is 72.7 cm³/mol.